The normalized spacial score (nSPS) is 18.1. The van der Waals surface area contributed by atoms with Gasteiger partial charge in [0.1, 0.15) is 5.82 Å². The summed E-state index contributed by atoms with van der Waals surface area (Å²) in [5.74, 6) is 1.10. The molecular weight excluding hydrogens is 246 g/mol. The fourth-order valence-corrected chi connectivity index (χ4v) is 3.16. The number of para-hydroxylation sites is 2. The standard InChI is InChI=1S/C17H17N3/c1-20-15-9-5-4-8-14(15)19-17(20)16-13-7-3-2-6-12(13)10-11-18-16/h2-9,16,18H,10-11H2,1H3. The third-order valence-corrected chi connectivity index (χ3v) is 4.19. The second-order valence-electron chi connectivity index (χ2n) is 5.35. The number of hydrogen-bond acceptors (Lipinski definition) is 2. The van der Waals surface area contributed by atoms with Crippen LogP contribution in [0.4, 0.5) is 0 Å². The minimum absolute atomic E-state index is 0.192. The van der Waals surface area contributed by atoms with Crippen molar-refractivity contribution in [3.63, 3.8) is 0 Å². The smallest absolute Gasteiger partial charge is 0.131 e. The summed E-state index contributed by atoms with van der Waals surface area (Å²) in [5, 5.41) is 3.61. The van der Waals surface area contributed by atoms with E-state index in [1.165, 1.54) is 16.6 Å². The van der Waals surface area contributed by atoms with E-state index in [0.717, 1.165) is 24.3 Å². The second kappa shape index (κ2) is 4.46. The van der Waals surface area contributed by atoms with Crippen molar-refractivity contribution in [2.75, 3.05) is 6.54 Å². The second-order valence-corrected chi connectivity index (χ2v) is 5.35. The Hall–Kier alpha value is -2.13. The van der Waals surface area contributed by atoms with Crippen molar-refractivity contribution < 1.29 is 0 Å². The number of fused-ring (bicyclic) bond motifs is 2. The van der Waals surface area contributed by atoms with Crippen LogP contribution in [0, 0.1) is 0 Å². The van der Waals surface area contributed by atoms with Gasteiger partial charge in [-0.3, -0.25) is 0 Å². The lowest BCUT2D eigenvalue weighted by Gasteiger charge is -2.26. The van der Waals surface area contributed by atoms with Gasteiger partial charge in [0.15, 0.2) is 0 Å². The predicted molar refractivity (Wildman–Crippen MR) is 80.7 cm³/mol. The Morgan fingerprint density at radius 1 is 1.10 bits per heavy atom. The molecule has 3 nitrogen and oxygen atoms in total. The number of benzene rings is 2. The Balaban J connectivity index is 1.90. The molecule has 0 saturated heterocycles. The van der Waals surface area contributed by atoms with E-state index in [1.807, 2.05) is 6.07 Å². The van der Waals surface area contributed by atoms with Gasteiger partial charge >= 0.3 is 0 Å². The van der Waals surface area contributed by atoms with Crippen molar-refractivity contribution in [3.8, 4) is 0 Å². The summed E-state index contributed by atoms with van der Waals surface area (Å²) in [6.07, 6.45) is 1.09. The van der Waals surface area contributed by atoms with Crippen LogP contribution in [0.3, 0.4) is 0 Å². The van der Waals surface area contributed by atoms with Crippen LogP contribution in [0.15, 0.2) is 48.5 Å². The highest BCUT2D eigenvalue weighted by Gasteiger charge is 2.24. The van der Waals surface area contributed by atoms with Crippen LogP contribution < -0.4 is 5.32 Å². The number of rotatable bonds is 1. The topological polar surface area (TPSA) is 29.9 Å². The molecule has 3 aromatic rings. The molecule has 0 radical (unpaired) electrons. The van der Waals surface area contributed by atoms with E-state index in [2.05, 4.69) is 59.4 Å². The molecule has 2 aromatic carbocycles. The first-order chi connectivity index (χ1) is 9.84. The van der Waals surface area contributed by atoms with Crippen LogP contribution in [0.2, 0.25) is 0 Å². The number of hydrogen-bond donors (Lipinski definition) is 1. The molecule has 1 atom stereocenters. The summed E-state index contributed by atoms with van der Waals surface area (Å²) in [5.41, 5.74) is 5.04. The van der Waals surface area contributed by atoms with Crippen molar-refractivity contribution in [2.45, 2.75) is 12.5 Å². The molecule has 0 spiro atoms. The lowest BCUT2D eigenvalue weighted by atomic mass is 9.94. The van der Waals surface area contributed by atoms with Crippen molar-refractivity contribution in [2.24, 2.45) is 7.05 Å². The average molecular weight is 263 g/mol. The van der Waals surface area contributed by atoms with Gasteiger partial charge in [-0.1, -0.05) is 36.4 Å². The van der Waals surface area contributed by atoms with Gasteiger partial charge < -0.3 is 9.88 Å². The van der Waals surface area contributed by atoms with Crippen LogP contribution >= 0.6 is 0 Å². The van der Waals surface area contributed by atoms with E-state index in [-0.39, 0.29) is 6.04 Å². The molecule has 20 heavy (non-hydrogen) atoms. The zero-order valence-electron chi connectivity index (χ0n) is 11.5. The molecular formula is C17H17N3. The molecule has 2 heterocycles. The summed E-state index contributed by atoms with van der Waals surface area (Å²) in [6, 6.07) is 17.2. The highest BCUT2D eigenvalue weighted by Crippen LogP contribution is 2.29. The highest BCUT2D eigenvalue weighted by molar-refractivity contribution is 5.76. The third kappa shape index (κ3) is 1.67. The molecule has 1 aliphatic heterocycles. The van der Waals surface area contributed by atoms with Crippen molar-refractivity contribution in [1.29, 1.82) is 0 Å². The summed E-state index contributed by atoms with van der Waals surface area (Å²) in [6.45, 7) is 1.00. The maximum atomic E-state index is 4.84. The molecule has 0 aliphatic carbocycles. The van der Waals surface area contributed by atoms with E-state index >= 15 is 0 Å². The summed E-state index contributed by atoms with van der Waals surface area (Å²) in [7, 11) is 2.10. The first-order valence-electron chi connectivity index (χ1n) is 7.07. The zero-order valence-corrected chi connectivity index (χ0v) is 11.5. The van der Waals surface area contributed by atoms with E-state index in [9.17, 15) is 0 Å². The van der Waals surface area contributed by atoms with Gasteiger partial charge in [-0.25, -0.2) is 4.98 Å². The van der Waals surface area contributed by atoms with Crippen LogP contribution in [0.5, 0.6) is 0 Å². The van der Waals surface area contributed by atoms with E-state index in [4.69, 9.17) is 4.98 Å². The maximum absolute atomic E-state index is 4.84. The van der Waals surface area contributed by atoms with E-state index in [0.29, 0.717) is 0 Å². The number of imidazole rings is 1. The Labute approximate surface area is 118 Å². The maximum Gasteiger partial charge on any atom is 0.131 e. The van der Waals surface area contributed by atoms with Gasteiger partial charge in [-0.15, -0.1) is 0 Å². The van der Waals surface area contributed by atoms with Gasteiger partial charge in [-0.05, 0) is 29.7 Å². The summed E-state index contributed by atoms with van der Waals surface area (Å²) < 4.78 is 2.20. The number of nitrogens with one attached hydrogen (secondary N) is 1. The molecule has 0 bridgehead atoms. The molecule has 1 N–H and O–H groups in total. The third-order valence-electron chi connectivity index (χ3n) is 4.19. The Morgan fingerprint density at radius 2 is 1.90 bits per heavy atom. The minimum atomic E-state index is 0.192. The fourth-order valence-electron chi connectivity index (χ4n) is 3.16. The Kier molecular flexibility index (Phi) is 2.60. The Bertz CT molecular complexity index is 773. The van der Waals surface area contributed by atoms with Gasteiger partial charge in [0, 0.05) is 13.6 Å². The van der Waals surface area contributed by atoms with Crippen LogP contribution in [0.1, 0.15) is 23.0 Å². The van der Waals surface area contributed by atoms with Crippen LogP contribution in [-0.4, -0.2) is 16.1 Å². The number of nitrogens with zero attached hydrogens (tertiary/aromatic N) is 2. The van der Waals surface area contributed by atoms with Gasteiger partial charge in [-0.2, -0.15) is 0 Å². The quantitative estimate of drug-likeness (QED) is 0.731. The summed E-state index contributed by atoms with van der Waals surface area (Å²) in [4.78, 5) is 4.84. The van der Waals surface area contributed by atoms with Crippen molar-refractivity contribution in [3.05, 3.63) is 65.5 Å². The van der Waals surface area contributed by atoms with E-state index < -0.39 is 0 Å². The molecule has 100 valence electrons. The summed E-state index contributed by atoms with van der Waals surface area (Å²) >= 11 is 0. The molecule has 1 aliphatic rings. The molecule has 0 fully saturated rings. The molecule has 1 unspecified atom stereocenters. The highest BCUT2D eigenvalue weighted by atomic mass is 15.1. The largest absolute Gasteiger partial charge is 0.330 e. The minimum Gasteiger partial charge on any atom is -0.330 e. The lowest BCUT2D eigenvalue weighted by molar-refractivity contribution is 0.532. The number of aromatic nitrogens is 2. The Morgan fingerprint density at radius 3 is 2.80 bits per heavy atom. The molecule has 0 saturated carbocycles. The van der Waals surface area contributed by atoms with E-state index in [1.54, 1.807) is 0 Å². The van der Waals surface area contributed by atoms with Crippen LogP contribution in [-0.2, 0) is 13.5 Å². The van der Waals surface area contributed by atoms with Gasteiger partial charge in [0.25, 0.3) is 0 Å². The first kappa shape index (κ1) is 11.7. The SMILES string of the molecule is Cn1c(C2NCCc3ccccc32)nc2ccccc21. The fraction of sp³-hybridized carbons (Fsp3) is 0.235. The molecule has 0 amide bonds. The van der Waals surface area contributed by atoms with Crippen molar-refractivity contribution >= 4 is 11.0 Å². The monoisotopic (exact) mass is 263 g/mol. The van der Waals surface area contributed by atoms with Gasteiger partial charge in [0.2, 0.25) is 0 Å². The average Bonchev–Trinajstić information content (AvgIpc) is 2.84. The molecule has 1 aromatic heterocycles. The zero-order chi connectivity index (χ0) is 13.5. The van der Waals surface area contributed by atoms with Gasteiger partial charge in [0.05, 0.1) is 17.1 Å². The lowest BCUT2D eigenvalue weighted by Crippen LogP contribution is -2.32. The first-order valence-corrected chi connectivity index (χ1v) is 7.07. The number of aryl methyl sites for hydroxylation is 1. The predicted octanol–water partition coefficient (Wildman–Crippen LogP) is 2.81. The molecule has 3 heteroatoms. The van der Waals surface area contributed by atoms with Crippen molar-refractivity contribution in [1.82, 2.24) is 14.9 Å². The molecule has 4 rings (SSSR count). The van der Waals surface area contributed by atoms with Crippen LogP contribution in [0.25, 0.3) is 11.0 Å².